The Balaban J connectivity index is 1.56. The van der Waals surface area contributed by atoms with Gasteiger partial charge in [-0.1, -0.05) is 55.8 Å². The molecule has 0 N–H and O–H groups in total. The lowest BCUT2D eigenvalue weighted by Crippen LogP contribution is -2.37. The largest absolute Gasteiger partial charge is 0.493 e. The van der Waals surface area contributed by atoms with Crippen LogP contribution in [0.4, 0.5) is 11.4 Å². The van der Waals surface area contributed by atoms with Gasteiger partial charge in [0, 0.05) is 0 Å². The fourth-order valence-corrected chi connectivity index (χ4v) is 4.92. The number of nitrogens with zero attached hydrogens (tertiary/aromatic N) is 2. The molecule has 5 rings (SSSR count). The van der Waals surface area contributed by atoms with Gasteiger partial charge in [0.25, 0.3) is 5.91 Å². The first-order valence-corrected chi connectivity index (χ1v) is 12.3. The molecule has 0 spiro atoms. The van der Waals surface area contributed by atoms with Gasteiger partial charge in [-0.25, -0.2) is 9.96 Å². The number of fused-ring (bicyclic) bond motifs is 1. The second-order valence-corrected chi connectivity index (χ2v) is 9.07. The van der Waals surface area contributed by atoms with Crippen LogP contribution in [0.25, 0.3) is 0 Å². The molecule has 0 aromatic heterocycles. The maximum Gasteiger partial charge on any atom is 0.266 e. The molecule has 0 radical (unpaired) electrons. The Hall–Kier alpha value is -3.84. The Morgan fingerprint density at radius 3 is 2.39 bits per heavy atom. The standard InChI is InChI=1S/C29H30N2O5/c1-4-5-17-35-23-16-15-20(18-24(23)34-3)26-25-27(36-31(26)21-12-7-6-8-13-21)29(33)30(28(25)32)22-14-10-9-11-19(22)2/h6-16,18,25-27H,4-5,17H2,1-3H3/t25-,26-,27-/m1/s1. The van der Waals surface area contributed by atoms with E-state index in [4.69, 9.17) is 14.3 Å². The Bertz CT molecular complexity index is 1260. The minimum absolute atomic E-state index is 0.273. The monoisotopic (exact) mass is 486 g/mol. The van der Waals surface area contributed by atoms with E-state index in [1.54, 1.807) is 18.2 Å². The number of unbranched alkanes of at least 4 members (excludes halogenated alkanes) is 1. The molecular weight excluding hydrogens is 456 g/mol. The summed E-state index contributed by atoms with van der Waals surface area (Å²) < 4.78 is 11.5. The van der Waals surface area contributed by atoms with Crippen molar-refractivity contribution in [2.75, 3.05) is 23.7 Å². The van der Waals surface area contributed by atoms with Gasteiger partial charge >= 0.3 is 0 Å². The predicted octanol–water partition coefficient (Wildman–Crippen LogP) is 5.23. The number of methoxy groups -OCH3 is 1. The average Bonchev–Trinajstić information content (AvgIpc) is 3.41. The van der Waals surface area contributed by atoms with Gasteiger partial charge in [0.2, 0.25) is 5.91 Å². The van der Waals surface area contributed by atoms with Crippen LogP contribution in [0.3, 0.4) is 0 Å². The molecule has 3 aromatic rings. The van der Waals surface area contributed by atoms with Gasteiger partial charge in [0.1, 0.15) is 5.92 Å². The number of hydrogen-bond donors (Lipinski definition) is 0. The third-order valence-electron chi connectivity index (χ3n) is 6.77. The topological polar surface area (TPSA) is 68.3 Å². The molecule has 36 heavy (non-hydrogen) atoms. The normalized spacial score (nSPS) is 21.1. The van der Waals surface area contributed by atoms with Crippen LogP contribution in [0.2, 0.25) is 0 Å². The summed E-state index contributed by atoms with van der Waals surface area (Å²) >= 11 is 0. The number of para-hydroxylation sites is 2. The molecule has 2 aliphatic rings. The van der Waals surface area contributed by atoms with E-state index in [0.29, 0.717) is 23.8 Å². The Morgan fingerprint density at radius 2 is 1.67 bits per heavy atom. The summed E-state index contributed by atoms with van der Waals surface area (Å²) in [7, 11) is 1.60. The molecule has 0 unspecified atom stereocenters. The molecule has 3 aromatic carbocycles. The summed E-state index contributed by atoms with van der Waals surface area (Å²) in [5.41, 5.74) is 3.01. The summed E-state index contributed by atoms with van der Waals surface area (Å²) in [6.45, 7) is 4.59. The summed E-state index contributed by atoms with van der Waals surface area (Å²) in [5.74, 6) is -0.118. The molecule has 3 atom stereocenters. The van der Waals surface area contributed by atoms with Crippen LogP contribution in [0, 0.1) is 12.8 Å². The average molecular weight is 487 g/mol. The molecule has 186 valence electrons. The van der Waals surface area contributed by atoms with Crippen molar-refractivity contribution in [2.45, 2.75) is 38.8 Å². The molecule has 2 amide bonds. The number of benzene rings is 3. The molecule has 2 saturated heterocycles. The number of imide groups is 1. The first kappa shape index (κ1) is 23.9. The van der Waals surface area contributed by atoms with Crippen molar-refractivity contribution in [1.82, 2.24) is 0 Å². The van der Waals surface area contributed by atoms with Crippen molar-refractivity contribution in [3.63, 3.8) is 0 Å². The highest BCUT2D eigenvalue weighted by molar-refractivity contribution is 6.24. The molecule has 2 heterocycles. The van der Waals surface area contributed by atoms with Gasteiger partial charge < -0.3 is 9.47 Å². The van der Waals surface area contributed by atoms with E-state index in [2.05, 4.69) is 6.92 Å². The Labute approximate surface area is 211 Å². The minimum Gasteiger partial charge on any atom is -0.493 e. The summed E-state index contributed by atoms with van der Waals surface area (Å²) in [5, 5.41) is 1.69. The van der Waals surface area contributed by atoms with Crippen LogP contribution in [-0.2, 0) is 14.4 Å². The van der Waals surface area contributed by atoms with E-state index < -0.39 is 18.1 Å². The zero-order chi connectivity index (χ0) is 25.2. The van der Waals surface area contributed by atoms with Gasteiger partial charge in [-0.3, -0.25) is 14.4 Å². The molecular formula is C29H30N2O5. The van der Waals surface area contributed by atoms with Crippen molar-refractivity contribution in [3.8, 4) is 11.5 Å². The third-order valence-corrected chi connectivity index (χ3v) is 6.77. The molecule has 0 saturated carbocycles. The number of hydrogen-bond acceptors (Lipinski definition) is 6. The second kappa shape index (κ2) is 10.0. The Morgan fingerprint density at radius 1 is 0.917 bits per heavy atom. The summed E-state index contributed by atoms with van der Waals surface area (Å²) in [6, 6.07) is 22.1. The molecule has 0 bridgehead atoms. The van der Waals surface area contributed by atoms with Crippen LogP contribution in [0.5, 0.6) is 11.5 Å². The molecule has 7 nitrogen and oxygen atoms in total. The SMILES string of the molecule is CCCCOc1ccc([C@@H]2[C@H]3C(=O)N(c4ccccc4C)C(=O)[C@@H]3ON2c2ccccc2)cc1OC. The maximum atomic E-state index is 13.8. The summed E-state index contributed by atoms with van der Waals surface area (Å²) in [4.78, 5) is 34.9. The van der Waals surface area contributed by atoms with E-state index in [9.17, 15) is 9.59 Å². The maximum absolute atomic E-state index is 13.8. The van der Waals surface area contributed by atoms with E-state index >= 15 is 0 Å². The zero-order valence-corrected chi connectivity index (χ0v) is 20.7. The smallest absolute Gasteiger partial charge is 0.266 e. The van der Waals surface area contributed by atoms with Crippen LogP contribution in [0.1, 0.15) is 36.9 Å². The van der Waals surface area contributed by atoms with E-state index in [0.717, 1.165) is 29.7 Å². The first-order chi connectivity index (χ1) is 17.5. The number of ether oxygens (including phenoxy) is 2. The van der Waals surface area contributed by atoms with Crippen molar-refractivity contribution in [3.05, 3.63) is 83.9 Å². The van der Waals surface area contributed by atoms with Crippen molar-refractivity contribution < 1.29 is 23.9 Å². The molecule has 0 aliphatic carbocycles. The lowest BCUT2D eigenvalue weighted by atomic mass is 9.90. The lowest BCUT2D eigenvalue weighted by Gasteiger charge is -2.29. The molecule has 7 heteroatoms. The van der Waals surface area contributed by atoms with Crippen molar-refractivity contribution >= 4 is 23.2 Å². The van der Waals surface area contributed by atoms with Gasteiger partial charge in [-0.2, -0.15) is 0 Å². The van der Waals surface area contributed by atoms with Crippen LogP contribution >= 0.6 is 0 Å². The van der Waals surface area contributed by atoms with Gasteiger partial charge in [0.15, 0.2) is 17.6 Å². The number of carbonyl (C=O) groups excluding carboxylic acids is 2. The first-order valence-electron chi connectivity index (χ1n) is 12.3. The number of carbonyl (C=O) groups is 2. The quantitative estimate of drug-likeness (QED) is 0.321. The highest BCUT2D eigenvalue weighted by Gasteiger charge is 2.60. The van der Waals surface area contributed by atoms with E-state index in [1.165, 1.54) is 4.90 Å². The highest BCUT2D eigenvalue weighted by Crippen LogP contribution is 2.49. The fraction of sp³-hybridized carbons (Fsp3) is 0.310. The number of anilines is 2. The zero-order valence-electron chi connectivity index (χ0n) is 20.7. The van der Waals surface area contributed by atoms with Crippen molar-refractivity contribution in [1.29, 1.82) is 0 Å². The predicted molar refractivity (Wildman–Crippen MR) is 137 cm³/mol. The second-order valence-electron chi connectivity index (χ2n) is 9.07. The van der Waals surface area contributed by atoms with Gasteiger partial charge in [-0.05, 0) is 54.8 Å². The van der Waals surface area contributed by atoms with Crippen molar-refractivity contribution in [2.24, 2.45) is 5.92 Å². The summed E-state index contributed by atoms with van der Waals surface area (Å²) in [6.07, 6.45) is 1.05. The third kappa shape index (κ3) is 4.09. The number of aryl methyl sites for hydroxylation is 1. The number of hydroxylamine groups is 1. The van der Waals surface area contributed by atoms with E-state index in [-0.39, 0.29) is 11.8 Å². The van der Waals surface area contributed by atoms with Gasteiger partial charge in [0.05, 0.1) is 31.1 Å². The lowest BCUT2D eigenvalue weighted by molar-refractivity contribution is -0.126. The van der Waals surface area contributed by atoms with E-state index in [1.807, 2.05) is 73.7 Å². The minimum atomic E-state index is -0.922. The van der Waals surface area contributed by atoms with Crippen LogP contribution in [0.15, 0.2) is 72.8 Å². The van der Waals surface area contributed by atoms with Gasteiger partial charge in [-0.15, -0.1) is 0 Å². The van der Waals surface area contributed by atoms with Crippen LogP contribution in [-0.4, -0.2) is 31.6 Å². The van der Waals surface area contributed by atoms with Crippen LogP contribution < -0.4 is 19.4 Å². The number of amides is 2. The Kier molecular flexibility index (Phi) is 6.65. The molecule has 2 aliphatic heterocycles. The number of rotatable bonds is 8. The molecule has 2 fully saturated rings. The fourth-order valence-electron chi connectivity index (χ4n) is 4.92. The highest BCUT2D eigenvalue weighted by atomic mass is 16.7.